The van der Waals surface area contributed by atoms with Crippen molar-refractivity contribution in [2.75, 3.05) is 44.2 Å². The summed E-state index contributed by atoms with van der Waals surface area (Å²) in [6.07, 6.45) is 5.61. The maximum Gasteiger partial charge on any atom is 0.270 e. The number of likely N-dealkylation sites (tertiary alicyclic amines) is 1. The summed E-state index contributed by atoms with van der Waals surface area (Å²) < 4.78 is 0.640. The Labute approximate surface area is 197 Å². The van der Waals surface area contributed by atoms with E-state index >= 15 is 0 Å². The third-order valence-electron chi connectivity index (χ3n) is 6.77. The normalized spacial score (nSPS) is 19.6. The number of anilines is 1. The van der Waals surface area contributed by atoms with Crippen molar-refractivity contribution in [3.8, 4) is 11.1 Å². The second-order valence-electron chi connectivity index (χ2n) is 9.06. The monoisotopic (exact) mass is 465 g/mol. The fraction of sp³-hybridized carbons (Fsp3) is 0.480. The highest BCUT2D eigenvalue weighted by Crippen LogP contribution is 2.32. The molecule has 33 heavy (non-hydrogen) atoms. The number of carbonyl (C=O) groups excluding carboxylic acids is 1. The van der Waals surface area contributed by atoms with E-state index < -0.39 is 0 Å². The molecule has 3 aromatic rings. The van der Waals surface area contributed by atoms with Crippen LogP contribution in [0, 0.1) is 5.92 Å². The van der Waals surface area contributed by atoms with E-state index in [1.165, 1.54) is 30.6 Å². The summed E-state index contributed by atoms with van der Waals surface area (Å²) in [4.78, 5) is 38.0. The molecular formula is C25H31N5O2S. The van der Waals surface area contributed by atoms with E-state index in [9.17, 15) is 9.59 Å². The first-order valence-electron chi connectivity index (χ1n) is 12.0. The largest absolute Gasteiger partial charge is 0.355 e. The SMILES string of the molecule is O=C(NCCN1CCCCC1)[C@H]1CCCN(c2nc3c(-c4ccccc4)csc3c(=O)[nH]2)C1. The standard InChI is InChI=1S/C25H31N5O2S/c31-23(26-11-15-29-12-5-2-6-13-29)19-10-7-14-30(16-19)25-27-21-20(18-8-3-1-4-9-18)17-33-22(21)24(32)28-25/h1,3-4,8-9,17,19H,2,5-7,10-16H2,(H,26,31)(H,27,28,32)/t19-/m0/s1. The van der Waals surface area contributed by atoms with Gasteiger partial charge in [-0.1, -0.05) is 36.8 Å². The lowest BCUT2D eigenvalue weighted by Gasteiger charge is -2.32. The summed E-state index contributed by atoms with van der Waals surface area (Å²) >= 11 is 1.42. The van der Waals surface area contributed by atoms with Crippen LogP contribution in [0.3, 0.4) is 0 Å². The minimum atomic E-state index is -0.115. The van der Waals surface area contributed by atoms with Gasteiger partial charge < -0.3 is 15.1 Å². The smallest absolute Gasteiger partial charge is 0.270 e. The highest BCUT2D eigenvalue weighted by molar-refractivity contribution is 7.17. The van der Waals surface area contributed by atoms with Gasteiger partial charge in [-0.15, -0.1) is 11.3 Å². The Morgan fingerprint density at radius 3 is 2.76 bits per heavy atom. The Balaban J connectivity index is 1.28. The van der Waals surface area contributed by atoms with Crippen LogP contribution in [0.1, 0.15) is 32.1 Å². The van der Waals surface area contributed by atoms with Gasteiger partial charge in [-0.25, -0.2) is 4.98 Å². The number of aromatic nitrogens is 2. The summed E-state index contributed by atoms with van der Waals surface area (Å²) in [5, 5.41) is 5.14. The molecule has 0 bridgehead atoms. The first-order valence-corrected chi connectivity index (χ1v) is 12.9. The molecule has 2 aliphatic heterocycles. The number of fused-ring (bicyclic) bond motifs is 1. The lowest BCUT2D eigenvalue weighted by molar-refractivity contribution is -0.125. The Morgan fingerprint density at radius 2 is 1.94 bits per heavy atom. The molecule has 1 amide bonds. The number of nitrogens with zero attached hydrogens (tertiary/aromatic N) is 3. The van der Waals surface area contributed by atoms with E-state index in [-0.39, 0.29) is 17.4 Å². The number of hydrogen-bond acceptors (Lipinski definition) is 6. The highest BCUT2D eigenvalue weighted by atomic mass is 32.1. The van der Waals surface area contributed by atoms with Gasteiger partial charge in [0.2, 0.25) is 11.9 Å². The Bertz CT molecular complexity index is 1150. The maximum atomic E-state index is 12.8. The zero-order valence-corrected chi connectivity index (χ0v) is 19.7. The summed E-state index contributed by atoms with van der Waals surface area (Å²) in [5.74, 6) is 0.590. The first kappa shape index (κ1) is 22.1. The fourth-order valence-corrected chi connectivity index (χ4v) is 5.85. The summed E-state index contributed by atoms with van der Waals surface area (Å²) in [5.41, 5.74) is 2.65. The van der Waals surface area contributed by atoms with Crippen LogP contribution in [0.4, 0.5) is 5.95 Å². The van der Waals surface area contributed by atoms with Crippen LogP contribution in [-0.4, -0.2) is 60.0 Å². The van der Waals surface area contributed by atoms with Gasteiger partial charge in [0.1, 0.15) is 4.70 Å². The van der Waals surface area contributed by atoms with Crippen LogP contribution in [0.15, 0.2) is 40.5 Å². The average molecular weight is 466 g/mol. The van der Waals surface area contributed by atoms with Gasteiger partial charge >= 0.3 is 0 Å². The number of aromatic amines is 1. The summed E-state index contributed by atoms with van der Waals surface area (Å²) in [6.45, 7) is 5.27. The molecule has 8 heteroatoms. The molecule has 0 unspecified atom stereocenters. The third-order valence-corrected chi connectivity index (χ3v) is 7.73. The predicted molar refractivity (Wildman–Crippen MR) is 134 cm³/mol. The van der Waals surface area contributed by atoms with Gasteiger partial charge in [0.25, 0.3) is 5.56 Å². The second-order valence-corrected chi connectivity index (χ2v) is 9.94. The van der Waals surface area contributed by atoms with Crippen molar-refractivity contribution >= 4 is 33.4 Å². The molecule has 2 saturated heterocycles. The van der Waals surface area contributed by atoms with Crippen molar-refractivity contribution in [1.82, 2.24) is 20.2 Å². The number of hydrogen-bond donors (Lipinski definition) is 2. The number of nitrogens with one attached hydrogen (secondary N) is 2. The topological polar surface area (TPSA) is 81.3 Å². The summed E-state index contributed by atoms with van der Waals surface area (Å²) in [6, 6.07) is 10.0. The van der Waals surface area contributed by atoms with Gasteiger partial charge in [-0.05, 0) is 44.3 Å². The van der Waals surface area contributed by atoms with Crippen LogP contribution >= 0.6 is 11.3 Å². The molecule has 174 valence electrons. The maximum absolute atomic E-state index is 12.8. The number of carbonyl (C=O) groups is 1. The molecule has 0 saturated carbocycles. The van der Waals surface area contributed by atoms with E-state index in [0.717, 1.165) is 55.7 Å². The zero-order chi connectivity index (χ0) is 22.6. The van der Waals surface area contributed by atoms with Crippen molar-refractivity contribution in [3.05, 3.63) is 46.1 Å². The van der Waals surface area contributed by atoms with Crippen LogP contribution < -0.4 is 15.8 Å². The Kier molecular flexibility index (Phi) is 6.73. The molecule has 2 N–H and O–H groups in total. The third kappa shape index (κ3) is 4.96. The molecular weight excluding hydrogens is 434 g/mol. The Hall–Kier alpha value is -2.71. The molecule has 2 aromatic heterocycles. The van der Waals surface area contributed by atoms with Crippen molar-refractivity contribution < 1.29 is 4.79 Å². The van der Waals surface area contributed by atoms with Crippen LogP contribution in [0.5, 0.6) is 0 Å². The molecule has 2 fully saturated rings. The van der Waals surface area contributed by atoms with Gasteiger partial charge in [0, 0.05) is 37.1 Å². The average Bonchev–Trinajstić information content (AvgIpc) is 3.30. The number of rotatable bonds is 6. The number of H-pyrrole nitrogens is 1. The van der Waals surface area contributed by atoms with E-state index in [0.29, 0.717) is 23.7 Å². The van der Waals surface area contributed by atoms with Crippen LogP contribution in [-0.2, 0) is 4.79 Å². The van der Waals surface area contributed by atoms with Crippen LogP contribution in [0.25, 0.3) is 21.3 Å². The number of benzene rings is 1. The van der Waals surface area contributed by atoms with E-state index in [1.54, 1.807) is 0 Å². The van der Waals surface area contributed by atoms with Gasteiger partial charge in [-0.3, -0.25) is 14.6 Å². The van der Waals surface area contributed by atoms with Crippen molar-refractivity contribution in [1.29, 1.82) is 0 Å². The number of piperidine rings is 2. The Morgan fingerprint density at radius 1 is 1.12 bits per heavy atom. The minimum Gasteiger partial charge on any atom is -0.355 e. The van der Waals surface area contributed by atoms with Gasteiger partial charge in [-0.2, -0.15) is 0 Å². The molecule has 7 nitrogen and oxygen atoms in total. The highest BCUT2D eigenvalue weighted by Gasteiger charge is 2.27. The second kappa shape index (κ2) is 10.1. The predicted octanol–water partition coefficient (Wildman–Crippen LogP) is 3.47. The fourth-order valence-electron chi connectivity index (χ4n) is 4.94. The van der Waals surface area contributed by atoms with E-state index in [2.05, 4.69) is 20.1 Å². The van der Waals surface area contributed by atoms with E-state index in [1.807, 2.05) is 35.7 Å². The summed E-state index contributed by atoms with van der Waals surface area (Å²) in [7, 11) is 0. The molecule has 0 aliphatic carbocycles. The minimum absolute atomic E-state index is 0.0860. The lowest BCUT2D eigenvalue weighted by Crippen LogP contribution is -2.45. The molecule has 2 aliphatic rings. The van der Waals surface area contributed by atoms with Gasteiger partial charge in [0.15, 0.2) is 0 Å². The molecule has 4 heterocycles. The molecule has 0 spiro atoms. The van der Waals surface area contributed by atoms with Crippen molar-refractivity contribution in [3.63, 3.8) is 0 Å². The lowest BCUT2D eigenvalue weighted by atomic mass is 9.97. The van der Waals surface area contributed by atoms with Gasteiger partial charge in [0.05, 0.1) is 11.4 Å². The number of amides is 1. The molecule has 1 atom stereocenters. The quantitative estimate of drug-likeness (QED) is 0.583. The molecule has 1 aromatic carbocycles. The zero-order valence-electron chi connectivity index (χ0n) is 18.9. The first-order chi connectivity index (χ1) is 16.2. The van der Waals surface area contributed by atoms with Crippen molar-refractivity contribution in [2.24, 2.45) is 5.92 Å². The number of thiophene rings is 1. The van der Waals surface area contributed by atoms with E-state index in [4.69, 9.17) is 4.98 Å². The van der Waals surface area contributed by atoms with Crippen molar-refractivity contribution in [2.45, 2.75) is 32.1 Å². The molecule has 5 rings (SSSR count). The molecule has 0 radical (unpaired) electrons. The van der Waals surface area contributed by atoms with Crippen LogP contribution in [0.2, 0.25) is 0 Å².